The molecule has 0 saturated carbocycles. The molecule has 4 aromatic rings. The van der Waals surface area contributed by atoms with Crippen molar-refractivity contribution in [3.63, 3.8) is 0 Å². The molecule has 4 unspecified atom stereocenters. The Bertz CT molecular complexity index is 1560. The number of carbonyl (C=O) groups excluding carboxylic acids is 2. The summed E-state index contributed by atoms with van der Waals surface area (Å²) in [7, 11) is 0. The topological polar surface area (TPSA) is 120 Å². The summed E-state index contributed by atoms with van der Waals surface area (Å²) in [5.74, 6) is -0.117. The first-order chi connectivity index (χ1) is 21.3. The van der Waals surface area contributed by atoms with Gasteiger partial charge in [0, 0.05) is 31.2 Å². The van der Waals surface area contributed by atoms with Gasteiger partial charge in [-0.3, -0.25) is 9.59 Å². The Labute approximate surface area is 265 Å². The van der Waals surface area contributed by atoms with Gasteiger partial charge in [0.2, 0.25) is 0 Å². The lowest BCUT2D eigenvalue weighted by Gasteiger charge is -2.36. The van der Waals surface area contributed by atoms with Crippen molar-refractivity contribution in [1.29, 1.82) is 0 Å². The number of aromatic nitrogens is 2. The van der Waals surface area contributed by atoms with Crippen molar-refractivity contribution in [1.82, 2.24) is 15.5 Å². The van der Waals surface area contributed by atoms with E-state index in [1.807, 2.05) is 79.7 Å². The molecule has 1 aliphatic heterocycles. The molecular formula is C33H35N3O6S2. The molecule has 2 N–H and O–H groups in total. The zero-order valence-corrected chi connectivity index (χ0v) is 26.4. The number of hydrogen-bond acceptors (Lipinski definition) is 10. The van der Waals surface area contributed by atoms with Crippen molar-refractivity contribution >= 4 is 35.0 Å². The number of esters is 1. The lowest BCUT2D eigenvalue weighted by Crippen LogP contribution is -2.35. The van der Waals surface area contributed by atoms with E-state index < -0.39 is 18.4 Å². The van der Waals surface area contributed by atoms with Gasteiger partial charge in [0.15, 0.2) is 16.7 Å². The molecule has 1 fully saturated rings. The number of aliphatic hydroxyl groups is 1. The number of benzene rings is 3. The van der Waals surface area contributed by atoms with Crippen molar-refractivity contribution in [2.24, 2.45) is 0 Å². The highest BCUT2D eigenvalue weighted by Gasteiger charge is 2.32. The predicted octanol–water partition coefficient (Wildman–Crippen LogP) is 5.91. The molecule has 2 heterocycles. The van der Waals surface area contributed by atoms with E-state index in [2.05, 4.69) is 15.5 Å². The quantitative estimate of drug-likeness (QED) is 0.153. The smallest absolute Gasteiger partial charge is 0.303 e. The molecule has 0 aliphatic carbocycles. The third-order valence-electron chi connectivity index (χ3n) is 7.14. The van der Waals surface area contributed by atoms with Gasteiger partial charge in [-0.1, -0.05) is 89.8 Å². The number of hydrogen-bond donors (Lipinski definition) is 2. The third kappa shape index (κ3) is 8.52. The lowest BCUT2D eigenvalue weighted by atomic mass is 9.99. The van der Waals surface area contributed by atoms with Crippen molar-refractivity contribution in [3.05, 3.63) is 100 Å². The highest BCUT2D eigenvalue weighted by molar-refractivity contribution is 8.01. The van der Waals surface area contributed by atoms with Crippen LogP contribution in [0.15, 0.2) is 77.1 Å². The van der Waals surface area contributed by atoms with Gasteiger partial charge in [-0.05, 0) is 47.7 Å². The van der Waals surface area contributed by atoms with E-state index in [-0.39, 0.29) is 24.7 Å². The van der Waals surface area contributed by atoms with Crippen LogP contribution in [0.2, 0.25) is 0 Å². The van der Waals surface area contributed by atoms with Crippen LogP contribution in [0.4, 0.5) is 0 Å². The van der Waals surface area contributed by atoms with Gasteiger partial charge >= 0.3 is 5.97 Å². The molecule has 9 nitrogen and oxygen atoms in total. The summed E-state index contributed by atoms with van der Waals surface area (Å²) < 4.78 is 18.8. The Hall–Kier alpha value is -3.61. The molecule has 1 aliphatic rings. The van der Waals surface area contributed by atoms with E-state index >= 15 is 0 Å². The largest absolute Gasteiger partial charge is 0.453 e. The van der Waals surface area contributed by atoms with Crippen LogP contribution >= 0.6 is 23.1 Å². The van der Waals surface area contributed by atoms with Crippen LogP contribution in [0.1, 0.15) is 59.9 Å². The van der Waals surface area contributed by atoms with Gasteiger partial charge in [0.05, 0.1) is 18.8 Å². The maximum absolute atomic E-state index is 12.2. The number of thioether (sulfide) groups is 1. The molecule has 0 bridgehead atoms. The lowest BCUT2D eigenvalue weighted by molar-refractivity contribution is -0.245. The van der Waals surface area contributed by atoms with E-state index in [9.17, 15) is 14.7 Å². The fraction of sp³-hybridized carbons (Fsp3) is 0.333. The number of aryl methyl sites for hydroxylation is 1. The molecule has 5 rings (SSSR count). The second kappa shape index (κ2) is 14.9. The Morgan fingerprint density at radius 3 is 2.45 bits per heavy atom. The van der Waals surface area contributed by atoms with Crippen molar-refractivity contribution in [3.8, 4) is 11.1 Å². The Kier molecular flexibility index (Phi) is 10.8. The number of nitrogens with one attached hydrogen (secondary N) is 1. The number of carbonyl (C=O) groups is 2. The summed E-state index contributed by atoms with van der Waals surface area (Å²) in [6.07, 6.45) is -0.943. The third-order valence-corrected chi connectivity index (χ3v) is 9.24. The molecule has 0 spiro atoms. The summed E-state index contributed by atoms with van der Waals surface area (Å²) in [6, 6.07) is 23.9. The van der Waals surface area contributed by atoms with E-state index in [1.54, 1.807) is 30.0 Å². The summed E-state index contributed by atoms with van der Waals surface area (Å²) in [5, 5.41) is 21.6. The van der Waals surface area contributed by atoms with E-state index in [1.165, 1.54) is 6.92 Å². The fourth-order valence-electron chi connectivity index (χ4n) is 4.85. The molecule has 230 valence electrons. The van der Waals surface area contributed by atoms with Crippen LogP contribution in [0.25, 0.3) is 11.1 Å². The Morgan fingerprint density at radius 2 is 1.77 bits per heavy atom. The molecular weight excluding hydrogens is 599 g/mol. The van der Waals surface area contributed by atoms with Crippen molar-refractivity contribution in [2.75, 3.05) is 5.75 Å². The van der Waals surface area contributed by atoms with Gasteiger partial charge in [-0.2, -0.15) is 0 Å². The number of aliphatic hydroxyl groups excluding tert-OH is 1. The zero-order valence-electron chi connectivity index (χ0n) is 24.8. The van der Waals surface area contributed by atoms with Crippen LogP contribution < -0.4 is 5.32 Å². The minimum absolute atomic E-state index is 0.00273. The minimum Gasteiger partial charge on any atom is -0.453 e. The maximum Gasteiger partial charge on any atom is 0.303 e. The standard InChI is InChI=1S/C33H35N3O6S2/c1-20(40-22(3)38)31(39)34-17-24-5-4-6-28(15-24)25-11-13-27(14-12-25)32-41-29(19-43-33-36-35-21(2)44-33)16-30(42-32)26-9-7-23(18-37)8-10-26/h4-15,20,29-30,32,37H,16-19H2,1-3H3,(H,34,39). The molecule has 1 saturated heterocycles. The van der Waals surface area contributed by atoms with Gasteiger partial charge < -0.3 is 24.6 Å². The minimum atomic E-state index is -0.848. The Balaban J connectivity index is 1.28. The van der Waals surface area contributed by atoms with Crippen LogP contribution in [0.5, 0.6) is 0 Å². The van der Waals surface area contributed by atoms with Crippen LogP contribution in [-0.4, -0.2) is 45.1 Å². The fourth-order valence-corrected chi connectivity index (χ4v) is 6.71. The first-order valence-electron chi connectivity index (χ1n) is 14.3. The number of ether oxygens (including phenoxy) is 3. The molecule has 3 aromatic carbocycles. The van der Waals surface area contributed by atoms with Crippen LogP contribution in [0.3, 0.4) is 0 Å². The SMILES string of the molecule is CC(=O)OC(C)C(=O)NCc1cccc(-c2ccc(C3OC(CSc4nnc(C)s4)CC(c4ccc(CO)cc4)O3)cc2)c1. The van der Waals surface area contributed by atoms with Crippen molar-refractivity contribution < 1.29 is 28.9 Å². The molecule has 1 amide bonds. The average Bonchev–Trinajstić information content (AvgIpc) is 3.47. The summed E-state index contributed by atoms with van der Waals surface area (Å²) in [5.41, 5.74) is 5.76. The first-order valence-corrected chi connectivity index (χ1v) is 16.2. The second-order valence-electron chi connectivity index (χ2n) is 10.5. The van der Waals surface area contributed by atoms with E-state index in [0.717, 1.165) is 48.5 Å². The van der Waals surface area contributed by atoms with E-state index in [4.69, 9.17) is 14.2 Å². The molecule has 1 aromatic heterocycles. The van der Waals surface area contributed by atoms with Crippen LogP contribution in [-0.2, 0) is 37.0 Å². The summed E-state index contributed by atoms with van der Waals surface area (Å²) >= 11 is 3.22. The molecule has 11 heteroatoms. The van der Waals surface area contributed by atoms with Gasteiger partial charge in [0.25, 0.3) is 5.91 Å². The van der Waals surface area contributed by atoms with E-state index in [0.29, 0.717) is 13.0 Å². The van der Waals surface area contributed by atoms with Crippen LogP contribution in [0, 0.1) is 6.92 Å². The molecule has 44 heavy (non-hydrogen) atoms. The highest BCUT2D eigenvalue weighted by Crippen LogP contribution is 2.40. The molecule has 4 atom stereocenters. The maximum atomic E-state index is 12.2. The number of nitrogens with zero attached hydrogens (tertiary/aromatic N) is 2. The summed E-state index contributed by atoms with van der Waals surface area (Å²) in [4.78, 5) is 23.4. The first kappa shape index (κ1) is 31.8. The number of rotatable bonds is 11. The van der Waals surface area contributed by atoms with Gasteiger partial charge in [0.1, 0.15) is 5.01 Å². The zero-order chi connectivity index (χ0) is 31.1. The van der Waals surface area contributed by atoms with Gasteiger partial charge in [-0.15, -0.1) is 10.2 Å². The van der Waals surface area contributed by atoms with Gasteiger partial charge in [-0.25, -0.2) is 0 Å². The number of amides is 1. The molecule has 0 radical (unpaired) electrons. The summed E-state index contributed by atoms with van der Waals surface area (Å²) in [6.45, 7) is 5.08. The van der Waals surface area contributed by atoms with Crippen molar-refractivity contribution in [2.45, 2.75) is 69.3 Å². The second-order valence-corrected chi connectivity index (χ2v) is 13.0. The normalized spacial score (nSPS) is 18.9. The Morgan fingerprint density at radius 1 is 1.02 bits per heavy atom. The monoisotopic (exact) mass is 633 g/mol. The predicted molar refractivity (Wildman–Crippen MR) is 169 cm³/mol. The highest BCUT2D eigenvalue weighted by atomic mass is 32.2. The average molecular weight is 634 g/mol.